The molecule has 0 saturated carbocycles. The van der Waals surface area contributed by atoms with Crippen molar-refractivity contribution < 1.29 is 9.59 Å². The zero-order valence-corrected chi connectivity index (χ0v) is 5.49. The summed E-state index contributed by atoms with van der Waals surface area (Å²) in [6.07, 6.45) is 7.86. The molecule has 0 fully saturated rings. The average Bonchev–Trinajstić information content (AvgIpc) is 2.38. The molecule has 1 rings (SSSR count). The highest BCUT2D eigenvalue weighted by Crippen LogP contribution is 2.10. The van der Waals surface area contributed by atoms with Crippen molar-refractivity contribution in [1.82, 2.24) is 0 Å². The first-order chi connectivity index (χ1) is 4.84. The zero-order chi connectivity index (χ0) is 7.40. The van der Waals surface area contributed by atoms with E-state index >= 15 is 0 Å². The number of ketones is 1. The fourth-order valence-electron chi connectivity index (χ4n) is 0.865. The Hall–Kier alpha value is -1.18. The molecule has 0 spiro atoms. The molecule has 0 aromatic carbocycles. The fraction of sp³-hybridized carbons (Fsp3) is 0.250. The summed E-state index contributed by atoms with van der Waals surface area (Å²) in [5.41, 5.74) is 0. The summed E-state index contributed by atoms with van der Waals surface area (Å²) in [4.78, 5) is 20.8. The minimum Gasteiger partial charge on any atom is -0.303 e. The third-order valence-electron chi connectivity index (χ3n) is 1.40. The summed E-state index contributed by atoms with van der Waals surface area (Å²) in [7, 11) is 0. The van der Waals surface area contributed by atoms with Gasteiger partial charge >= 0.3 is 0 Å². The van der Waals surface area contributed by atoms with Crippen LogP contribution in [0.25, 0.3) is 0 Å². The third-order valence-corrected chi connectivity index (χ3v) is 1.40. The van der Waals surface area contributed by atoms with Crippen molar-refractivity contribution in [2.75, 3.05) is 0 Å². The number of hydrogen-bond donors (Lipinski definition) is 0. The van der Waals surface area contributed by atoms with Gasteiger partial charge in [0.2, 0.25) is 0 Å². The first kappa shape index (κ1) is 6.93. The molecule has 2 nitrogen and oxygen atoms in total. The lowest BCUT2D eigenvalue weighted by Crippen LogP contribution is -2.07. The van der Waals surface area contributed by atoms with Crippen LogP contribution in [0.1, 0.15) is 6.42 Å². The van der Waals surface area contributed by atoms with Gasteiger partial charge in [-0.25, -0.2) is 0 Å². The van der Waals surface area contributed by atoms with E-state index in [1.54, 1.807) is 12.2 Å². The van der Waals surface area contributed by atoms with Crippen molar-refractivity contribution in [3.05, 3.63) is 24.3 Å². The maximum absolute atomic E-state index is 10.9. The molecule has 0 N–H and O–H groups in total. The van der Waals surface area contributed by atoms with Gasteiger partial charge in [-0.15, -0.1) is 0 Å². The third kappa shape index (κ3) is 1.41. The summed E-state index contributed by atoms with van der Waals surface area (Å²) in [6.45, 7) is 0. The highest BCUT2D eigenvalue weighted by atomic mass is 16.1. The van der Waals surface area contributed by atoms with E-state index in [1.807, 2.05) is 12.2 Å². The summed E-state index contributed by atoms with van der Waals surface area (Å²) in [5.74, 6) is -0.176. The summed E-state index contributed by atoms with van der Waals surface area (Å²) in [6, 6.07) is 0. The van der Waals surface area contributed by atoms with Crippen molar-refractivity contribution in [1.29, 1.82) is 0 Å². The average molecular weight is 136 g/mol. The van der Waals surface area contributed by atoms with Crippen LogP contribution in [0.5, 0.6) is 0 Å². The molecular weight excluding hydrogens is 128 g/mol. The van der Waals surface area contributed by atoms with Crippen LogP contribution in [0.15, 0.2) is 24.3 Å². The van der Waals surface area contributed by atoms with Crippen molar-refractivity contribution >= 4 is 12.1 Å². The molecule has 0 unspecified atom stereocenters. The van der Waals surface area contributed by atoms with Gasteiger partial charge in [0, 0.05) is 0 Å². The molecule has 1 aliphatic rings. The molecule has 52 valence electrons. The van der Waals surface area contributed by atoms with E-state index in [-0.39, 0.29) is 18.1 Å². The Labute approximate surface area is 59.2 Å². The van der Waals surface area contributed by atoms with Gasteiger partial charge in [0.1, 0.15) is 6.29 Å². The fourth-order valence-corrected chi connectivity index (χ4v) is 0.865. The Morgan fingerprint density at radius 2 is 2.00 bits per heavy atom. The van der Waals surface area contributed by atoms with Crippen molar-refractivity contribution in [3.8, 4) is 0 Å². The van der Waals surface area contributed by atoms with E-state index in [9.17, 15) is 9.59 Å². The maximum Gasteiger partial charge on any atom is 0.150 e. The second kappa shape index (κ2) is 3.11. The molecule has 0 radical (unpaired) electrons. The van der Waals surface area contributed by atoms with Gasteiger partial charge in [0.05, 0.1) is 12.3 Å². The quantitative estimate of drug-likeness (QED) is 0.426. The Bertz CT molecular complexity index is 189. The molecule has 0 aromatic heterocycles. The predicted molar refractivity (Wildman–Crippen MR) is 37.5 cm³/mol. The number of aldehydes is 1. The maximum atomic E-state index is 10.9. The molecule has 1 aliphatic carbocycles. The number of carbonyl (C=O) groups excluding carboxylic acids is 2. The van der Waals surface area contributed by atoms with E-state index in [1.165, 1.54) is 0 Å². The topological polar surface area (TPSA) is 34.1 Å². The Morgan fingerprint density at radius 3 is 2.50 bits per heavy atom. The predicted octanol–water partition coefficient (Wildman–Crippen LogP) is 0.887. The van der Waals surface area contributed by atoms with Gasteiger partial charge in [-0.1, -0.05) is 24.3 Å². The Morgan fingerprint density at radius 1 is 1.40 bits per heavy atom. The number of rotatable bonds is 3. The Kier molecular flexibility index (Phi) is 2.15. The van der Waals surface area contributed by atoms with E-state index in [4.69, 9.17) is 0 Å². The largest absolute Gasteiger partial charge is 0.303 e. The Balaban J connectivity index is 2.49. The minimum atomic E-state index is -0.148. The van der Waals surface area contributed by atoms with Gasteiger partial charge in [-0.05, 0) is 0 Å². The van der Waals surface area contributed by atoms with Crippen LogP contribution in [-0.4, -0.2) is 12.1 Å². The first-order valence-electron chi connectivity index (χ1n) is 3.16. The number of Topliss-reactive ketones (excluding diaryl/α,β-unsaturated/α-hetero) is 1. The monoisotopic (exact) mass is 136 g/mol. The van der Waals surface area contributed by atoms with E-state index in [0.29, 0.717) is 6.29 Å². The molecule has 0 atom stereocenters. The van der Waals surface area contributed by atoms with Gasteiger partial charge in [-0.2, -0.15) is 0 Å². The van der Waals surface area contributed by atoms with Crippen LogP contribution in [-0.2, 0) is 9.59 Å². The van der Waals surface area contributed by atoms with Crippen LogP contribution < -0.4 is 0 Å². The van der Waals surface area contributed by atoms with Gasteiger partial charge in [-0.3, -0.25) is 4.79 Å². The van der Waals surface area contributed by atoms with Gasteiger partial charge in [0.15, 0.2) is 5.78 Å². The van der Waals surface area contributed by atoms with E-state index < -0.39 is 0 Å². The van der Waals surface area contributed by atoms with Crippen molar-refractivity contribution in [2.24, 2.45) is 5.92 Å². The van der Waals surface area contributed by atoms with Gasteiger partial charge in [0.25, 0.3) is 0 Å². The molecular formula is C8H8O2. The molecule has 2 heteroatoms. The van der Waals surface area contributed by atoms with E-state index in [0.717, 1.165) is 0 Å². The number of carbonyl (C=O) groups is 2. The summed E-state index contributed by atoms with van der Waals surface area (Å²) in [5, 5.41) is 0. The lowest BCUT2D eigenvalue weighted by atomic mass is 10.0. The van der Waals surface area contributed by atoms with Crippen LogP contribution in [0.2, 0.25) is 0 Å². The second-order valence-electron chi connectivity index (χ2n) is 2.13. The SMILES string of the molecule is O=CCC(=O)C1C=CC=C1. The molecule has 0 amide bonds. The van der Waals surface area contributed by atoms with Gasteiger partial charge < -0.3 is 4.79 Å². The zero-order valence-electron chi connectivity index (χ0n) is 5.49. The van der Waals surface area contributed by atoms with Crippen molar-refractivity contribution in [3.63, 3.8) is 0 Å². The molecule has 0 aromatic rings. The number of hydrogen-bond acceptors (Lipinski definition) is 2. The highest BCUT2D eigenvalue weighted by molar-refractivity contribution is 5.94. The smallest absolute Gasteiger partial charge is 0.150 e. The lowest BCUT2D eigenvalue weighted by Gasteiger charge is -1.97. The highest BCUT2D eigenvalue weighted by Gasteiger charge is 2.12. The van der Waals surface area contributed by atoms with Crippen LogP contribution >= 0.6 is 0 Å². The van der Waals surface area contributed by atoms with E-state index in [2.05, 4.69) is 0 Å². The summed E-state index contributed by atoms with van der Waals surface area (Å²) < 4.78 is 0. The molecule has 0 saturated heterocycles. The molecule has 10 heavy (non-hydrogen) atoms. The summed E-state index contributed by atoms with van der Waals surface area (Å²) >= 11 is 0. The molecule has 0 heterocycles. The van der Waals surface area contributed by atoms with Crippen LogP contribution in [0, 0.1) is 5.92 Å². The standard InChI is InChI=1S/C8H8O2/c9-6-5-8(10)7-3-1-2-4-7/h1-4,6-7H,5H2. The first-order valence-corrected chi connectivity index (χ1v) is 3.16. The van der Waals surface area contributed by atoms with Crippen molar-refractivity contribution in [2.45, 2.75) is 6.42 Å². The molecule has 0 aliphatic heterocycles. The second-order valence-corrected chi connectivity index (χ2v) is 2.13. The lowest BCUT2D eigenvalue weighted by molar-refractivity contribution is -0.123. The number of allylic oxidation sites excluding steroid dienone is 4. The van der Waals surface area contributed by atoms with Crippen LogP contribution in [0.3, 0.4) is 0 Å². The van der Waals surface area contributed by atoms with Crippen LogP contribution in [0.4, 0.5) is 0 Å². The minimum absolute atomic E-state index is 0.0271. The molecule has 0 bridgehead atoms. The normalized spacial score (nSPS) is 16.0.